The number of hydrogen-bond acceptors (Lipinski definition) is 4. The van der Waals surface area contributed by atoms with Crippen LogP contribution in [0.25, 0.3) is 0 Å². The molecule has 0 saturated heterocycles. The van der Waals surface area contributed by atoms with Gasteiger partial charge in [0.15, 0.2) is 0 Å². The van der Waals surface area contributed by atoms with Gasteiger partial charge in [0, 0.05) is 10.4 Å². The van der Waals surface area contributed by atoms with Crippen LogP contribution >= 0.6 is 11.3 Å². The van der Waals surface area contributed by atoms with Crippen molar-refractivity contribution < 1.29 is 14.3 Å². The van der Waals surface area contributed by atoms with Gasteiger partial charge in [-0.05, 0) is 53.8 Å². The third kappa shape index (κ3) is 5.93. The van der Waals surface area contributed by atoms with Gasteiger partial charge in [-0.25, -0.2) is 0 Å². The Balaban J connectivity index is 1.51. The standard InChI is InChI=1S/C23H24N2O3S/c1-16(2)22(20-9-6-14-29-20)25-21(26)15-24-23(27)17-10-12-19(13-11-17)28-18-7-4-3-5-8-18/h3-14,16,22H,15H2,1-2H3,(H,24,27)(H,25,26)/t22-/m1/s1. The molecule has 1 atom stereocenters. The number of rotatable bonds is 8. The van der Waals surface area contributed by atoms with E-state index in [4.69, 9.17) is 4.74 Å². The van der Waals surface area contributed by atoms with Gasteiger partial charge in [-0.1, -0.05) is 38.1 Å². The fourth-order valence-electron chi connectivity index (χ4n) is 2.82. The van der Waals surface area contributed by atoms with Crippen molar-refractivity contribution in [1.29, 1.82) is 0 Å². The van der Waals surface area contributed by atoms with Crippen LogP contribution in [0.3, 0.4) is 0 Å². The number of para-hydroxylation sites is 1. The Bertz CT molecular complexity index is 923. The van der Waals surface area contributed by atoms with Crippen molar-refractivity contribution in [2.24, 2.45) is 5.92 Å². The van der Waals surface area contributed by atoms with E-state index >= 15 is 0 Å². The second-order valence-corrected chi connectivity index (χ2v) is 7.91. The number of carbonyl (C=O) groups excluding carboxylic acids is 2. The molecular formula is C23H24N2O3S. The molecule has 2 N–H and O–H groups in total. The number of nitrogens with one attached hydrogen (secondary N) is 2. The van der Waals surface area contributed by atoms with Gasteiger partial charge in [-0.15, -0.1) is 11.3 Å². The van der Waals surface area contributed by atoms with Crippen LogP contribution in [0.4, 0.5) is 0 Å². The fourth-order valence-corrected chi connectivity index (χ4v) is 3.77. The van der Waals surface area contributed by atoms with Crippen LogP contribution in [0.1, 0.15) is 35.1 Å². The Morgan fingerprint density at radius 2 is 1.62 bits per heavy atom. The molecule has 0 spiro atoms. The number of ether oxygens (including phenoxy) is 1. The monoisotopic (exact) mass is 408 g/mol. The van der Waals surface area contributed by atoms with E-state index in [2.05, 4.69) is 24.5 Å². The summed E-state index contributed by atoms with van der Waals surface area (Å²) in [5.41, 5.74) is 0.469. The first kappa shape index (κ1) is 20.6. The number of hydrogen-bond donors (Lipinski definition) is 2. The second kappa shape index (κ2) is 9.89. The molecule has 0 saturated carbocycles. The molecule has 150 valence electrons. The van der Waals surface area contributed by atoms with Crippen molar-refractivity contribution in [3.8, 4) is 11.5 Å². The van der Waals surface area contributed by atoms with Crippen LogP contribution in [0, 0.1) is 5.92 Å². The molecule has 1 heterocycles. The van der Waals surface area contributed by atoms with E-state index in [9.17, 15) is 9.59 Å². The Morgan fingerprint density at radius 1 is 0.931 bits per heavy atom. The third-order valence-corrected chi connectivity index (χ3v) is 5.29. The number of thiophene rings is 1. The zero-order valence-electron chi connectivity index (χ0n) is 16.4. The van der Waals surface area contributed by atoms with Crippen molar-refractivity contribution in [3.05, 3.63) is 82.6 Å². The Hall–Kier alpha value is -3.12. The molecule has 3 rings (SSSR count). The molecule has 3 aromatic rings. The molecule has 0 bridgehead atoms. The molecule has 29 heavy (non-hydrogen) atoms. The van der Waals surface area contributed by atoms with Gasteiger partial charge in [0.25, 0.3) is 5.91 Å². The third-order valence-electron chi connectivity index (χ3n) is 4.34. The quantitative estimate of drug-likeness (QED) is 0.563. The van der Waals surface area contributed by atoms with Crippen molar-refractivity contribution in [2.45, 2.75) is 19.9 Å². The summed E-state index contributed by atoms with van der Waals surface area (Å²) in [5.74, 6) is 1.11. The fraction of sp³-hybridized carbons (Fsp3) is 0.217. The van der Waals surface area contributed by atoms with E-state index in [0.29, 0.717) is 11.3 Å². The molecule has 2 aromatic carbocycles. The first-order valence-corrected chi connectivity index (χ1v) is 10.3. The Kier molecular flexibility index (Phi) is 7.03. The summed E-state index contributed by atoms with van der Waals surface area (Å²) in [6, 6.07) is 20.1. The van der Waals surface area contributed by atoms with E-state index in [1.54, 1.807) is 35.6 Å². The highest BCUT2D eigenvalue weighted by atomic mass is 32.1. The second-order valence-electron chi connectivity index (χ2n) is 6.93. The van der Waals surface area contributed by atoms with Gasteiger partial charge in [0.2, 0.25) is 5.91 Å². The highest BCUT2D eigenvalue weighted by Crippen LogP contribution is 2.25. The van der Waals surface area contributed by atoms with Crippen LogP contribution in [0.5, 0.6) is 11.5 Å². The van der Waals surface area contributed by atoms with Crippen molar-refractivity contribution in [1.82, 2.24) is 10.6 Å². The Morgan fingerprint density at radius 3 is 2.24 bits per heavy atom. The van der Waals surface area contributed by atoms with Gasteiger partial charge < -0.3 is 15.4 Å². The zero-order chi connectivity index (χ0) is 20.6. The number of amides is 2. The summed E-state index contributed by atoms with van der Waals surface area (Å²) in [6.45, 7) is 4.04. The lowest BCUT2D eigenvalue weighted by Gasteiger charge is -2.21. The van der Waals surface area contributed by atoms with Crippen LogP contribution in [-0.4, -0.2) is 18.4 Å². The van der Waals surface area contributed by atoms with Crippen molar-refractivity contribution >= 4 is 23.2 Å². The molecule has 0 aliphatic heterocycles. The molecular weight excluding hydrogens is 384 g/mol. The van der Waals surface area contributed by atoms with Crippen LogP contribution in [-0.2, 0) is 4.79 Å². The first-order chi connectivity index (χ1) is 14.0. The van der Waals surface area contributed by atoms with E-state index in [0.717, 1.165) is 10.6 Å². The SMILES string of the molecule is CC(C)[C@@H](NC(=O)CNC(=O)c1ccc(Oc2ccccc2)cc1)c1cccs1. The van der Waals surface area contributed by atoms with E-state index in [1.165, 1.54) is 0 Å². The van der Waals surface area contributed by atoms with E-state index in [1.807, 2.05) is 47.8 Å². The van der Waals surface area contributed by atoms with Gasteiger partial charge in [0.1, 0.15) is 11.5 Å². The van der Waals surface area contributed by atoms with E-state index in [-0.39, 0.29) is 30.3 Å². The lowest BCUT2D eigenvalue weighted by Crippen LogP contribution is -2.39. The predicted octanol–water partition coefficient (Wildman–Crippen LogP) is 4.78. The van der Waals surface area contributed by atoms with Gasteiger partial charge in [-0.3, -0.25) is 9.59 Å². The number of carbonyl (C=O) groups is 2. The van der Waals surface area contributed by atoms with Gasteiger partial charge in [-0.2, -0.15) is 0 Å². The minimum absolute atomic E-state index is 0.0613. The largest absolute Gasteiger partial charge is 0.457 e. The topological polar surface area (TPSA) is 67.4 Å². The molecule has 1 aromatic heterocycles. The van der Waals surface area contributed by atoms with E-state index < -0.39 is 0 Å². The smallest absolute Gasteiger partial charge is 0.251 e. The lowest BCUT2D eigenvalue weighted by atomic mass is 10.0. The van der Waals surface area contributed by atoms with Crippen molar-refractivity contribution in [3.63, 3.8) is 0 Å². The number of benzene rings is 2. The molecule has 2 amide bonds. The van der Waals surface area contributed by atoms with Crippen LogP contribution in [0.2, 0.25) is 0 Å². The maximum Gasteiger partial charge on any atom is 0.251 e. The van der Waals surface area contributed by atoms with Crippen LogP contribution in [0.15, 0.2) is 72.1 Å². The summed E-state index contributed by atoms with van der Waals surface area (Å²) in [7, 11) is 0. The molecule has 0 unspecified atom stereocenters. The first-order valence-electron chi connectivity index (χ1n) is 9.47. The minimum Gasteiger partial charge on any atom is -0.457 e. The average molecular weight is 409 g/mol. The Labute approximate surface area is 174 Å². The normalized spacial score (nSPS) is 11.7. The highest BCUT2D eigenvalue weighted by Gasteiger charge is 2.19. The summed E-state index contributed by atoms with van der Waals surface area (Å²) in [4.78, 5) is 25.7. The summed E-state index contributed by atoms with van der Waals surface area (Å²) >= 11 is 1.61. The van der Waals surface area contributed by atoms with Crippen molar-refractivity contribution in [2.75, 3.05) is 6.54 Å². The molecule has 0 aliphatic rings. The molecule has 0 fully saturated rings. The maximum atomic E-state index is 12.3. The predicted molar refractivity (Wildman–Crippen MR) is 115 cm³/mol. The molecule has 0 radical (unpaired) electrons. The summed E-state index contributed by atoms with van der Waals surface area (Å²) in [5, 5.41) is 7.66. The minimum atomic E-state index is -0.302. The lowest BCUT2D eigenvalue weighted by molar-refractivity contribution is -0.121. The van der Waals surface area contributed by atoms with Crippen LogP contribution < -0.4 is 15.4 Å². The molecule has 0 aliphatic carbocycles. The zero-order valence-corrected chi connectivity index (χ0v) is 17.2. The summed E-state index contributed by atoms with van der Waals surface area (Å²) < 4.78 is 5.72. The van der Waals surface area contributed by atoms with Gasteiger partial charge in [0.05, 0.1) is 12.6 Å². The summed E-state index contributed by atoms with van der Waals surface area (Å²) in [6.07, 6.45) is 0. The molecule has 5 nitrogen and oxygen atoms in total. The van der Waals surface area contributed by atoms with Gasteiger partial charge >= 0.3 is 0 Å². The highest BCUT2D eigenvalue weighted by molar-refractivity contribution is 7.10. The maximum absolute atomic E-state index is 12.3. The molecule has 6 heteroatoms. The average Bonchev–Trinajstić information content (AvgIpc) is 3.26.